The van der Waals surface area contributed by atoms with Crippen LogP contribution in [0.15, 0.2) is 0 Å². The van der Waals surface area contributed by atoms with Gasteiger partial charge in [-0.3, -0.25) is 4.79 Å². The minimum Gasteiger partial charge on any atom is -0.396 e. The van der Waals surface area contributed by atoms with Gasteiger partial charge in [-0.05, 0) is 0 Å². The van der Waals surface area contributed by atoms with Gasteiger partial charge in [0.2, 0.25) is 5.91 Å². The van der Waals surface area contributed by atoms with Crippen molar-refractivity contribution in [3.8, 4) is 0 Å². The highest BCUT2D eigenvalue weighted by Gasteiger charge is 2.28. The van der Waals surface area contributed by atoms with Crippen LogP contribution in [0.4, 0.5) is 0 Å². The lowest BCUT2D eigenvalue weighted by molar-refractivity contribution is -0.138. The van der Waals surface area contributed by atoms with Crippen LogP contribution >= 0.6 is 0 Å². The molecule has 1 N–H and O–H groups in total. The van der Waals surface area contributed by atoms with E-state index in [1.807, 2.05) is 6.92 Å². The lowest BCUT2D eigenvalue weighted by Crippen LogP contribution is -2.51. The molecule has 0 aromatic rings. The Balaban J connectivity index is 2.19. The fourth-order valence-corrected chi connectivity index (χ4v) is 1.11. The summed E-state index contributed by atoms with van der Waals surface area (Å²) in [5.74, 6) is 0.542. The molecular formula is C7H13NO2. The first-order chi connectivity index (χ1) is 4.77. The van der Waals surface area contributed by atoms with Gasteiger partial charge >= 0.3 is 0 Å². The van der Waals surface area contributed by atoms with Crippen molar-refractivity contribution in [1.29, 1.82) is 0 Å². The van der Waals surface area contributed by atoms with Crippen LogP contribution in [0.25, 0.3) is 0 Å². The Morgan fingerprint density at radius 1 is 1.70 bits per heavy atom. The predicted octanol–water partition coefficient (Wildman–Crippen LogP) is -0.153. The second-order valence-electron chi connectivity index (χ2n) is 2.70. The Bertz CT molecular complexity index is 130. The lowest BCUT2D eigenvalue weighted by atomic mass is 10.0. The van der Waals surface area contributed by atoms with E-state index in [1.165, 1.54) is 0 Å². The highest BCUT2D eigenvalue weighted by Crippen LogP contribution is 2.14. The van der Waals surface area contributed by atoms with Gasteiger partial charge in [0.05, 0.1) is 0 Å². The summed E-state index contributed by atoms with van der Waals surface area (Å²) in [6.45, 7) is 3.58. The molecule has 0 spiro atoms. The van der Waals surface area contributed by atoms with E-state index in [0.717, 1.165) is 13.1 Å². The smallest absolute Gasteiger partial charge is 0.222 e. The topological polar surface area (TPSA) is 40.5 Å². The molecular weight excluding hydrogens is 130 g/mol. The van der Waals surface area contributed by atoms with Crippen LogP contribution in [0, 0.1) is 5.92 Å². The number of amides is 1. The molecule has 0 unspecified atom stereocenters. The third-order valence-electron chi connectivity index (χ3n) is 1.87. The van der Waals surface area contributed by atoms with Gasteiger partial charge in [0.25, 0.3) is 0 Å². The summed E-state index contributed by atoms with van der Waals surface area (Å²) in [5, 5.41) is 8.62. The summed E-state index contributed by atoms with van der Waals surface area (Å²) in [5.41, 5.74) is 0. The predicted molar refractivity (Wildman–Crippen MR) is 37.4 cm³/mol. The van der Waals surface area contributed by atoms with E-state index in [-0.39, 0.29) is 12.5 Å². The monoisotopic (exact) mass is 143 g/mol. The van der Waals surface area contributed by atoms with Crippen molar-refractivity contribution in [2.45, 2.75) is 13.3 Å². The van der Waals surface area contributed by atoms with Gasteiger partial charge in [-0.15, -0.1) is 0 Å². The standard InChI is InChI=1S/C7H13NO2/c1-2-7(10)8-3-6(4-8)5-9/h6,9H,2-5H2,1H3. The summed E-state index contributed by atoms with van der Waals surface area (Å²) in [7, 11) is 0. The number of likely N-dealkylation sites (tertiary alicyclic amines) is 1. The number of rotatable bonds is 2. The summed E-state index contributed by atoms with van der Waals surface area (Å²) >= 11 is 0. The van der Waals surface area contributed by atoms with Gasteiger partial charge in [0, 0.05) is 32.0 Å². The molecule has 1 heterocycles. The lowest BCUT2D eigenvalue weighted by Gasteiger charge is -2.38. The highest BCUT2D eigenvalue weighted by atomic mass is 16.3. The molecule has 1 saturated heterocycles. The van der Waals surface area contributed by atoms with Crippen LogP contribution in [0.5, 0.6) is 0 Å². The van der Waals surface area contributed by atoms with Gasteiger partial charge in [-0.2, -0.15) is 0 Å². The molecule has 3 nitrogen and oxygen atoms in total. The Morgan fingerprint density at radius 2 is 2.30 bits per heavy atom. The van der Waals surface area contributed by atoms with Crippen molar-refractivity contribution in [3.05, 3.63) is 0 Å². The Morgan fingerprint density at radius 3 is 2.70 bits per heavy atom. The Labute approximate surface area is 60.6 Å². The summed E-state index contributed by atoms with van der Waals surface area (Å²) in [6, 6.07) is 0. The molecule has 0 aromatic carbocycles. The molecule has 58 valence electrons. The number of aliphatic hydroxyl groups is 1. The summed E-state index contributed by atoms with van der Waals surface area (Å²) in [4.78, 5) is 12.7. The Kier molecular flexibility index (Phi) is 2.27. The first kappa shape index (κ1) is 7.54. The van der Waals surface area contributed by atoms with Crippen molar-refractivity contribution in [3.63, 3.8) is 0 Å². The second kappa shape index (κ2) is 3.01. The van der Waals surface area contributed by atoms with E-state index in [1.54, 1.807) is 4.90 Å². The van der Waals surface area contributed by atoms with Gasteiger partial charge in [0.1, 0.15) is 0 Å². The van der Waals surface area contributed by atoms with Crippen LogP contribution in [-0.2, 0) is 4.79 Å². The van der Waals surface area contributed by atoms with Gasteiger partial charge in [-0.25, -0.2) is 0 Å². The number of nitrogens with zero attached hydrogens (tertiary/aromatic N) is 1. The quantitative estimate of drug-likeness (QED) is 0.584. The molecule has 1 amide bonds. The molecule has 1 aliphatic rings. The zero-order chi connectivity index (χ0) is 7.56. The molecule has 1 aliphatic heterocycles. The third-order valence-corrected chi connectivity index (χ3v) is 1.87. The van der Waals surface area contributed by atoms with E-state index in [0.29, 0.717) is 12.3 Å². The maximum Gasteiger partial charge on any atom is 0.222 e. The molecule has 0 radical (unpaired) electrons. The fraction of sp³-hybridized carbons (Fsp3) is 0.857. The molecule has 0 aliphatic carbocycles. The van der Waals surface area contributed by atoms with E-state index in [4.69, 9.17) is 5.11 Å². The molecule has 0 aromatic heterocycles. The summed E-state index contributed by atoms with van der Waals surface area (Å²) < 4.78 is 0. The van der Waals surface area contributed by atoms with Crippen molar-refractivity contribution < 1.29 is 9.90 Å². The van der Waals surface area contributed by atoms with E-state index >= 15 is 0 Å². The zero-order valence-corrected chi connectivity index (χ0v) is 6.21. The molecule has 3 heteroatoms. The van der Waals surface area contributed by atoms with Crippen LogP contribution in [0.3, 0.4) is 0 Å². The first-order valence-corrected chi connectivity index (χ1v) is 3.66. The van der Waals surface area contributed by atoms with E-state index in [9.17, 15) is 4.79 Å². The molecule has 0 atom stereocenters. The van der Waals surface area contributed by atoms with Gasteiger partial charge in [0.15, 0.2) is 0 Å². The minimum atomic E-state index is 0.199. The number of hydrogen-bond acceptors (Lipinski definition) is 2. The Hall–Kier alpha value is -0.570. The van der Waals surface area contributed by atoms with Crippen molar-refractivity contribution in [2.24, 2.45) is 5.92 Å². The normalized spacial score (nSPS) is 18.8. The molecule has 0 bridgehead atoms. The largest absolute Gasteiger partial charge is 0.396 e. The first-order valence-electron chi connectivity index (χ1n) is 3.66. The summed E-state index contributed by atoms with van der Waals surface area (Å²) in [6.07, 6.45) is 0.581. The van der Waals surface area contributed by atoms with Crippen LogP contribution in [-0.4, -0.2) is 35.6 Å². The van der Waals surface area contributed by atoms with Gasteiger partial charge < -0.3 is 10.0 Å². The molecule has 1 rings (SSSR count). The maximum absolute atomic E-state index is 10.9. The van der Waals surface area contributed by atoms with Crippen molar-refractivity contribution >= 4 is 5.91 Å². The van der Waals surface area contributed by atoms with Crippen LogP contribution < -0.4 is 0 Å². The fourth-order valence-electron chi connectivity index (χ4n) is 1.11. The van der Waals surface area contributed by atoms with E-state index < -0.39 is 0 Å². The molecule has 0 saturated carbocycles. The van der Waals surface area contributed by atoms with Crippen LogP contribution in [0.2, 0.25) is 0 Å². The highest BCUT2D eigenvalue weighted by molar-refractivity contribution is 5.76. The average molecular weight is 143 g/mol. The second-order valence-corrected chi connectivity index (χ2v) is 2.70. The SMILES string of the molecule is CCC(=O)N1CC(CO)C1. The average Bonchev–Trinajstić information content (AvgIpc) is 1.85. The van der Waals surface area contributed by atoms with Crippen molar-refractivity contribution in [2.75, 3.05) is 19.7 Å². The number of carbonyl (C=O) groups is 1. The third kappa shape index (κ3) is 1.29. The van der Waals surface area contributed by atoms with Gasteiger partial charge in [-0.1, -0.05) is 6.92 Å². The van der Waals surface area contributed by atoms with E-state index in [2.05, 4.69) is 0 Å². The number of carbonyl (C=O) groups excluding carboxylic acids is 1. The number of aliphatic hydroxyl groups excluding tert-OH is 1. The zero-order valence-electron chi connectivity index (χ0n) is 6.21. The number of hydrogen-bond donors (Lipinski definition) is 1. The van der Waals surface area contributed by atoms with Crippen molar-refractivity contribution in [1.82, 2.24) is 4.90 Å². The minimum absolute atomic E-state index is 0.199. The van der Waals surface area contributed by atoms with Crippen LogP contribution in [0.1, 0.15) is 13.3 Å². The molecule has 10 heavy (non-hydrogen) atoms. The maximum atomic E-state index is 10.9. The molecule has 1 fully saturated rings.